The molecule has 1 aromatic carbocycles. The molecule has 0 spiro atoms. The zero-order valence-electron chi connectivity index (χ0n) is 15.1. The number of methoxy groups -OCH3 is 2. The highest BCUT2D eigenvalue weighted by atomic mass is 16.5. The highest BCUT2D eigenvalue weighted by molar-refractivity contribution is 5.79. The Morgan fingerprint density at radius 1 is 1.33 bits per heavy atom. The van der Waals surface area contributed by atoms with Gasteiger partial charge in [-0.25, -0.2) is 4.99 Å². The zero-order valence-corrected chi connectivity index (χ0v) is 15.1. The lowest BCUT2D eigenvalue weighted by Crippen LogP contribution is -2.39. The summed E-state index contributed by atoms with van der Waals surface area (Å²) in [5.41, 5.74) is 0.899. The minimum absolute atomic E-state index is 0.00109. The number of ether oxygens (including phenoxy) is 2. The van der Waals surface area contributed by atoms with Crippen LogP contribution in [0.5, 0.6) is 17.2 Å². The van der Waals surface area contributed by atoms with Crippen molar-refractivity contribution in [2.75, 3.05) is 34.4 Å². The number of guanidine groups is 1. The quantitative estimate of drug-likeness (QED) is 0.314. The van der Waals surface area contributed by atoms with Crippen LogP contribution in [0.15, 0.2) is 29.8 Å². The van der Waals surface area contributed by atoms with E-state index in [1.54, 1.807) is 12.1 Å². The number of aliphatic imine (C=N–C) groups is 1. The molecule has 0 amide bonds. The Morgan fingerprint density at radius 3 is 2.46 bits per heavy atom. The predicted molar refractivity (Wildman–Crippen MR) is 98.1 cm³/mol. The molecule has 0 fully saturated rings. The fourth-order valence-electron chi connectivity index (χ4n) is 2.25. The topological polar surface area (TPSA) is 66.3 Å². The molecule has 2 N–H and O–H groups in total. The number of allylic oxidation sites excluding steroid dienone is 1. The van der Waals surface area contributed by atoms with Gasteiger partial charge in [-0.05, 0) is 37.5 Å². The molecule has 0 heterocycles. The van der Waals surface area contributed by atoms with Crippen LogP contribution in [0.3, 0.4) is 0 Å². The van der Waals surface area contributed by atoms with Crippen molar-refractivity contribution < 1.29 is 14.6 Å². The number of nitrogens with one attached hydrogen (secondary N) is 1. The van der Waals surface area contributed by atoms with E-state index in [1.807, 2.05) is 20.0 Å². The zero-order chi connectivity index (χ0) is 17.9. The summed E-state index contributed by atoms with van der Waals surface area (Å²) in [5, 5.41) is 13.3. The Bertz CT molecular complexity index is 533. The van der Waals surface area contributed by atoms with Gasteiger partial charge in [-0.2, -0.15) is 0 Å². The second-order valence-electron chi connectivity index (χ2n) is 5.37. The standard InChI is InChI=1S/C18H29N3O3/c1-6-8-9-10-21(3)18(19-7-2)20-13-14-11-15(23-4)17(22)16(12-14)24-5/h6,11-12,22H,1,7-10,13H2,2-5H3,(H,19,20). The molecule has 6 heteroatoms. The van der Waals surface area contributed by atoms with Crippen LogP contribution in [0, 0.1) is 0 Å². The molecule has 24 heavy (non-hydrogen) atoms. The molecule has 0 aromatic heterocycles. The van der Waals surface area contributed by atoms with Gasteiger partial charge in [0, 0.05) is 20.1 Å². The summed E-state index contributed by atoms with van der Waals surface area (Å²) in [6.45, 7) is 7.95. The fraction of sp³-hybridized carbons (Fsp3) is 0.500. The molecule has 1 rings (SSSR count). The van der Waals surface area contributed by atoms with Crippen LogP contribution >= 0.6 is 0 Å². The van der Waals surface area contributed by atoms with Crippen molar-refractivity contribution in [3.05, 3.63) is 30.4 Å². The highest BCUT2D eigenvalue weighted by Gasteiger charge is 2.11. The van der Waals surface area contributed by atoms with Crippen molar-refractivity contribution in [2.24, 2.45) is 4.99 Å². The molecule has 0 bridgehead atoms. The number of hydrogen-bond acceptors (Lipinski definition) is 4. The Hall–Kier alpha value is -2.37. The molecule has 0 atom stereocenters. The number of nitrogens with zero attached hydrogens (tertiary/aromatic N) is 2. The van der Waals surface area contributed by atoms with E-state index in [1.165, 1.54) is 14.2 Å². The van der Waals surface area contributed by atoms with Crippen molar-refractivity contribution in [3.8, 4) is 17.2 Å². The smallest absolute Gasteiger partial charge is 0.200 e. The first kappa shape index (κ1) is 19.7. The summed E-state index contributed by atoms with van der Waals surface area (Å²) in [7, 11) is 5.04. The van der Waals surface area contributed by atoms with E-state index in [0.29, 0.717) is 18.0 Å². The molecule has 0 aliphatic carbocycles. The summed E-state index contributed by atoms with van der Waals surface area (Å²) in [4.78, 5) is 6.75. The SMILES string of the molecule is C=CCCCN(C)C(=NCc1cc(OC)c(O)c(OC)c1)NCC. The lowest BCUT2D eigenvalue weighted by Gasteiger charge is -2.22. The predicted octanol–water partition coefficient (Wildman–Crippen LogP) is 2.77. The molecule has 0 radical (unpaired) electrons. The van der Waals surface area contributed by atoms with E-state index in [2.05, 4.69) is 21.8 Å². The maximum Gasteiger partial charge on any atom is 0.200 e. The van der Waals surface area contributed by atoms with Gasteiger partial charge in [-0.1, -0.05) is 6.08 Å². The molecule has 0 saturated carbocycles. The Morgan fingerprint density at radius 2 is 1.96 bits per heavy atom. The summed E-state index contributed by atoms with van der Waals surface area (Å²) in [5.74, 6) is 1.60. The Kier molecular flexibility index (Phi) is 8.54. The molecule has 0 saturated heterocycles. The monoisotopic (exact) mass is 335 g/mol. The van der Waals surface area contributed by atoms with Crippen LogP contribution in [0.1, 0.15) is 25.3 Å². The minimum Gasteiger partial charge on any atom is -0.502 e. The van der Waals surface area contributed by atoms with Crippen LogP contribution < -0.4 is 14.8 Å². The maximum atomic E-state index is 9.97. The lowest BCUT2D eigenvalue weighted by molar-refractivity contribution is 0.339. The molecule has 0 aliphatic rings. The van der Waals surface area contributed by atoms with E-state index in [4.69, 9.17) is 9.47 Å². The summed E-state index contributed by atoms with van der Waals surface area (Å²) in [6.07, 6.45) is 3.94. The largest absolute Gasteiger partial charge is 0.502 e. The van der Waals surface area contributed by atoms with Crippen LogP contribution in [0.2, 0.25) is 0 Å². The van der Waals surface area contributed by atoms with Crippen molar-refractivity contribution >= 4 is 5.96 Å². The van der Waals surface area contributed by atoms with Gasteiger partial charge >= 0.3 is 0 Å². The van der Waals surface area contributed by atoms with E-state index in [-0.39, 0.29) is 5.75 Å². The van der Waals surface area contributed by atoms with E-state index in [9.17, 15) is 5.11 Å². The molecular weight excluding hydrogens is 306 g/mol. The lowest BCUT2D eigenvalue weighted by atomic mass is 10.2. The number of phenols is 1. The van der Waals surface area contributed by atoms with Crippen molar-refractivity contribution in [2.45, 2.75) is 26.3 Å². The van der Waals surface area contributed by atoms with E-state index in [0.717, 1.165) is 37.5 Å². The summed E-state index contributed by atoms with van der Waals surface area (Å²) in [6, 6.07) is 3.53. The summed E-state index contributed by atoms with van der Waals surface area (Å²) >= 11 is 0. The minimum atomic E-state index is 0.00109. The van der Waals surface area contributed by atoms with Gasteiger partial charge in [0.05, 0.1) is 20.8 Å². The molecule has 0 aliphatic heterocycles. The molecular formula is C18H29N3O3. The average Bonchev–Trinajstić information content (AvgIpc) is 2.59. The summed E-state index contributed by atoms with van der Waals surface area (Å²) < 4.78 is 10.4. The third-order valence-electron chi connectivity index (χ3n) is 3.55. The van der Waals surface area contributed by atoms with Crippen LogP contribution in [-0.2, 0) is 6.54 Å². The van der Waals surface area contributed by atoms with Crippen molar-refractivity contribution in [1.29, 1.82) is 0 Å². The first-order valence-corrected chi connectivity index (χ1v) is 8.11. The highest BCUT2D eigenvalue weighted by Crippen LogP contribution is 2.37. The van der Waals surface area contributed by atoms with Crippen LogP contribution in [0.25, 0.3) is 0 Å². The van der Waals surface area contributed by atoms with Gasteiger partial charge in [0.15, 0.2) is 17.5 Å². The number of benzene rings is 1. The normalized spacial score (nSPS) is 11.1. The molecule has 134 valence electrons. The number of unbranched alkanes of at least 4 members (excludes halogenated alkanes) is 1. The molecule has 6 nitrogen and oxygen atoms in total. The fourth-order valence-corrected chi connectivity index (χ4v) is 2.25. The first-order chi connectivity index (χ1) is 11.6. The first-order valence-electron chi connectivity index (χ1n) is 8.11. The average molecular weight is 335 g/mol. The van der Waals surface area contributed by atoms with Gasteiger partial charge in [0.1, 0.15) is 0 Å². The van der Waals surface area contributed by atoms with E-state index < -0.39 is 0 Å². The van der Waals surface area contributed by atoms with Crippen molar-refractivity contribution in [3.63, 3.8) is 0 Å². The van der Waals surface area contributed by atoms with Gasteiger partial charge < -0.3 is 24.8 Å². The van der Waals surface area contributed by atoms with Gasteiger partial charge in [0.2, 0.25) is 5.75 Å². The van der Waals surface area contributed by atoms with Gasteiger partial charge in [-0.3, -0.25) is 0 Å². The Balaban J connectivity index is 2.90. The Labute approximate surface area is 144 Å². The maximum absolute atomic E-state index is 9.97. The molecule has 1 aromatic rings. The van der Waals surface area contributed by atoms with E-state index >= 15 is 0 Å². The number of rotatable bonds is 9. The second-order valence-corrected chi connectivity index (χ2v) is 5.37. The third-order valence-corrected chi connectivity index (χ3v) is 3.55. The number of hydrogen-bond donors (Lipinski definition) is 2. The van der Waals surface area contributed by atoms with Crippen LogP contribution in [-0.4, -0.2) is 50.3 Å². The van der Waals surface area contributed by atoms with Crippen molar-refractivity contribution in [1.82, 2.24) is 10.2 Å². The number of phenolic OH excluding ortho intramolecular Hbond substituents is 1. The second kappa shape index (κ2) is 10.4. The van der Waals surface area contributed by atoms with Gasteiger partial charge in [-0.15, -0.1) is 6.58 Å². The third kappa shape index (κ3) is 5.68. The van der Waals surface area contributed by atoms with Crippen LogP contribution in [0.4, 0.5) is 0 Å². The number of aromatic hydroxyl groups is 1. The molecule has 0 unspecified atom stereocenters. The van der Waals surface area contributed by atoms with Gasteiger partial charge in [0.25, 0.3) is 0 Å².